The average Bonchev–Trinajstić information content (AvgIpc) is 2.65. The molecule has 0 bridgehead atoms. The monoisotopic (exact) mass is 342 g/mol. The first kappa shape index (κ1) is 18.5. The van der Waals surface area contributed by atoms with Gasteiger partial charge in [-0.25, -0.2) is 0 Å². The fraction of sp³-hybridized carbons (Fsp3) is 0.263. The highest BCUT2D eigenvalue weighted by Crippen LogP contribution is 2.18. The highest BCUT2D eigenvalue weighted by molar-refractivity contribution is 6.09. The number of carbonyl (C=O) groups is 2. The van der Waals surface area contributed by atoms with Crippen LogP contribution in [-0.2, 0) is 4.74 Å². The summed E-state index contributed by atoms with van der Waals surface area (Å²) in [7, 11) is 1.55. The highest BCUT2D eigenvalue weighted by atomic mass is 16.5. The van der Waals surface area contributed by atoms with Crippen LogP contribution in [0.3, 0.4) is 0 Å². The predicted octanol–water partition coefficient (Wildman–Crippen LogP) is 2.71. The molecule has 6 nitrogen and oxygen atoms in total. The molecule has 2 amide bonds. The third-order valence-electron chi connectivity index (χ3n) is 3.44. The molecular formula is C19H22N2O4. The minimum atomic E-state index is -0.313. The van der Waals surface area contributed by atoms with E-state index in [0.717, 1.165) is 0 Å². The molecule has 132 valence electrons. The minimum absolute atomic E-state index is 0.260. The van der Waals surface area contributed by atoms with Gasteiger partial charge in [-0.2, -0.15) is 0 Å². The van der Waals surface area contributed by atoms with Gasteiger partial charge in [0.15, 0.2) is 0 Å². The third kappa shape index (κ3) is 5.32. The van der Waals surface area contributed by atoms with Gasteiger partial charge in [0.25, 0.3) is 11.8 Å². The molecule has 0 spiro atoms. The summed E-state index contributed by atoms with van der Waals surface area (Å²) in [5.74, 6) is 0.0162. The van der Waals surface area contributed by atoms with Crippen LogP contribution in [0.4, 0.5) is 5.69 Å². The van der Waals surface area contributed by atoms with E-state index in [-0.39, 0.29) is 11.8 Å². The molecule has 0 saturated heterocycles. The molecule has 0 heterocycles. The quantitative estimate of drug-likeness (QED) is 0.723. The van der Waals surface area contributed by atoms with Crippen molar-refractivity contribution in [3.8, 4) is 5.75 Å². The van der Waals surface area contributed by atoms with E-state index in [2.05, 4.69) is 10.6 Å². The van der Waals surface area contributed by atoms with Crippen LogP contribution in [0.1, 0.15) is 27.6 Å². The zero-order chi connectivity index (χ0) is 18.1. The Hall–Kier alpha value is -2.86. The molecule has 2 aromatic rings. The van der Waals surface area contributed by atoms with E-state index < -0.39 is 0 Å². The van der Waals surface area contributed by atoms with Crippen molar-refractivity contribution in [2.45, 2.75) is 6.92 Å². The molecule has 0 saturated carbocycles. The second kappa shape index (κ2) is 9.44. The normalized spacial score (nSPS) is 10.2. The zero-order valence-electron chi connectivity index (χ0n) is 14.4. The van der Waals surface area contributed by atoms with Crippen molar-refractivity contribution >= 4 is 17.5 Å². The predicted molar refractivity (Wildman–Crippen MR) is 96.2 cm³/mol. The lowest BCUT2D eigenvalue weighted by Crippen LogP contribution is -2.21. The molecule has 2 rings (SSSR count). The van der Waals surface area contributed by atoms with Gasteiger partial charge in [0, 0.05) is 19.2 Å². The van der Waals surface area contributed by atoms with Crippen molar-refractivity contribution in [2.24, 2.45) is 0 Å². The van der Waals surface area contributed by atoms with E-state index in [0.29, 0.717) is 42.4 Å². The summed E-state index contributed by atoms with van der Waals surface area (Å²) < 4.78 is 10.8. The molecule has 0 unspecified atom stereocenters. The van der Waals surface area contributed by atoms with E-state index >= 15 is 0 Å². The first-order valence-electron chi connectivity index (χ1n) is 8.08. The molecule has 0 radical (unpaired) electrons. The topological polar surface area (TPSA) is 76.7 Å². The van der Waals surface area contributed by atoms with Gasteiger partial charge in [-0.05, 0) is 37.3 Å². The Labute approximate surface area is 147 Å². The van der Waals surface area contributed by atoms with Crippen molar-refractivity contribution in [2.75, 3.05) is 32.2 Å². The van der Waals surface area contributed by atoms with Gasteiger partial charge in [0.1, 0.15) is 12.4 Å². The number of rotatable bonds is 8. The van der Waals surface area contributed by atoms with Crippen LogP contribution < -0.4 is 15.4 Å². The van der Waals surface area contributed by atoms with Crippen molar-refractivity contribution in [1.82, 2.24) is 5.32 Å². The molecule has 0 fully saturated rings. The molecule has 2 aromatic carbocycles. The first-order chi connectivity index (χ1) is 12.2. The van der Waals surface area contributed by atoms with Crippen molar-refractivity contribution in [3.63, 3.8) is 0 Å². The SMILES string of the molecule is CCOCCOc1cccc(C(=O)Nc2ccccc2C(=O)NC)c1. The Balaban J connectivity index is 2.08. The molecule has 25 heavy (non-hydrogen) atoms. The van der Waals surface area contributed by atoms with E-state index in [1.54, 1.807) is 55.6 Å². The smallest absolute Gasteiger partial charge is 0.255 e. The number of nitrogens with one attached hydrogen (secondary N) is 2. The van der Waals surface area contributed by atoms with Gasteiger partial charge in [0.2, 0.25) is 0 Å². The summed E-state index contributed by atoms with van der Waals surface area (Å²) in [4.78, 5) is 24.4. The summed E-state index contributed by atoms with van der Waals surface area (Å²) >= 11 is 0. The summed E-state index contributed by atoms with van der Waals surface area (Å²) in [6.07, 6.45) is 0. The van der Waals surface area contributed by atoms with E-state index in [4.69, 9.17) is 9.47 Å². The number of para-hydroxylation sites is 1. The molecule has 2 N–H and O–H groups in total. The number of ether oxygens (including phenoxy) is 2. The van der Waals surface area contributed by atoms with E-state index in [9.17, 15) is 9.59 Å². The van der Waals surface area contributed by atoms with Crippen molar-refractivity contribution < 1.29 is 19.1 Å². The van der Waals surface area contributed by atoms with Crippen LogP contribution in [0.5, 0.6) is 5.75 Å². The standard InChI is InChI=1S/C19H22N2O4/c1-3-24-11-12-25-15-8-6-7-14(13-15)18(22)21-17-10-5-4-9-16(17)19(23)20-2/h4-10,13H,3,11-12H2,1-2H3,(H,20,23)(H,21,22). The first-order valence-corrected chi connectivity index (χ1v) is 8.08. The van der Waals surface area contributed by atoms with Gasteiger partial charge in [-0.15, -0.1) is 0 Å². The molecule has 6 heteroatoms. The largest absolute Gasteiger partial charge is 0.491 e. The van der Waals surface area contributed by atoms with Crippen molar-refractivity contribution in [1.29, 1.82) is 0 Å². The van der Waals surface area contributed by atoms with Gasteiger partial charge in [0.05, 0.1) is 17.9 Å². The number of hydrogen-bond acceptors (Lipinski definition) is 4. The maximum Gasteiger partial charge on any atom is 0.255 e. The fourth-order valence-corrected chi connectivity index (χ4v) is 2.21. The van der Waals surface area contributed by atoms with Gasteiger partial charge in [-0.1, -0.05) is 18.2 Å². The second-order valence-electron chi connectivity index (χ2n) is 5.15. The van der Waals surface area contributed by atoms with Crippen LogP contribution in [0, 0.1) is 0 Å². The molecule has 0 aliphatic rings. The molecular weight excluding hydrogens is 320 g/mol. The lowest BCUT2D eigenvalue weighted by molar-refractivity contribution is 0.0964. The second-order valence-corrected chi connectivity index (χ2v) is 5.15. The van der Waals surface area contributed by atoms with Crippen molar-refractivity contribution in [3.05, 3.63) is 59.7 Å². The summed E-state index contributed by atoms with van der Waals surface area (Å²) in [6.45, 7) is 3.46. The maximum atomic E-state index is 12.5. The minimum Gasteiger partial charge on any atom is -0.491 e. The number of carbonyl (C=O) groups excluding carboxylic acids is 2. The van der Waals surface area contributed by atoms with Crippen LogP contribution in [-0.4, -0.2) is 38.7 Å². The molecule has 0 aliphatic carbocycles. The third-order valence-corrected chi connectivity index (χ3v) is 3.44. The lowest BCUT2D eigenvalue weighted by atomic mass is 10.1. The van der Waals surface area contributed by atoms with Gasteiger partial charge < -0.3 is 20.1 Å². The summed E-state index contributed by atoms with van der Waals surface area (Å²) in [6, 6.07) is 13.7. The van der Waals surface area contributed by atoms with Gasteiger partial charge >= 0.3 is 0 Å². The number of anilines is 1. The van der Waals surface area contributed by atoms with Crippen LogP contribution in [0.15, 0.2) is 48.5 Å². The average molecular weight is 342 g/mol. The summed E-state index contributed by atoms with van der Waals surface area (Å²) in [5.41, 5.74) is 1.30. The van der Waals surface area contributed by atoms with Gasteiger partial charge in [-0.3, -0.25) is 9.59 Å². The lowest BCUT2D eigenvalue weighted by Gasteiger charge is -2.11. The number of benzene rings is 2. The summed E-state index contributed by atoms with van der Waals surface area (Å²) in [5, 5.41) is 5.32. The highest BCUT2D eigenvalue weighted by Gasteiger charge is 2.13. The number of amides is 2. The maximum absolute atomic E-state index is 12.5. The molecule has 0 atom stereocenters. The Kier molecular flexibility index (Phi) is 6.98. The zero-order valence-corrected chi connectivity index (χ0v) is 14.4. The van der Waals surface area contributed by atoms with E-state index in [1.807, 2.05) is 6.92 Å². The van der Waals surface area contributed by atoms with Crippen LogP contribution in [0.25, 0.3) is 0 Å². The Bertz CT molecular complexity index is 731. The molecule has 0 aliphatic heterocycles. The van der Waals surface area contributed by atoms with Crippen LogP contribution >= 0.6 is 0 Å². The fourth-order valence-electron chi connectivity index (χ4n) is 2.21. The Morgan fingerprint density at radius 1 is 1.00 bits per heavy atom. The molecule has 0 aromatic heterocycles. The van der Waals surface area contributed by atoms with E-state index in [1.165, 1.54) is 0 Å². The van der Waals surface area contributed by atoms with Crippen LogP contribution in [0.2, 0.25) is 0 Å². The Morgan fingerprint density at radius 3 is 2.56 bits per heavy atom. The number of hydrogen-bond donors (Lipinski definition) is 2. The Morgan fingerprint density at radius 2 is 1.80 bits per heavy atom.